The van der Waals surface area contributed by atoms with Crippen molar-refractivity contribution >= 4 is 16.7 Å². The normalized spacial score (nSPS) is 14.0. The lowest BCUT2D eigenvalue weighted by molar-refractivity contribution is -0.117. The number of rotatable bonds is 5. The molecule has 2 aromatic carbocycles. The number of benzene rings is 2. The Morgan fingerprint density at radius 3 is 2.81 bits per heavy atom. The number of hydrogen-bond acceptors (Lipinski definition) is 5. The molecule has 2 heterocycles. The SMILES string of the molecule is CC(=O)C(c1ccc2c(c1)OCO2)c1cn(C)c2cc(CON)ccc12. The van der Waals surface area contributed by atoms with Gasteiger partial charge >= 0.3 is 0 Å². The van der Waals surface area contributed by atoms with Gasteiger partial charge in [0.2, 0.25) is 6.79 Å². The molecule has 1 aliphatic heterocycles. The van der Waals surface area contributed by atoms with Crippen molar-refractivity contribution in [2.45, 2.75) is 19.4 Å². The first-order valence-electron chi connectivity index (χ1n) is 8.38. The van der Waals surface area contributed by atoms with Crippen molar-refractivity contribution < 1.29 is 19.1 Å². The molecule has 6 nitrogen and oxygen atoms in total. The van der Waals surface area contributed by atoms with Crippen LogP contribution >= 0.6 is 0 Å². The molecule has 0 bridgehead atoms. The minimum absolute atomic E-state index is 0.0748. The van der Waals surface area contributed by atoms with Crippen LogP contribution in [-0.2, 0) is 23.3 Å². The van der Waals surface area contributed by atoms with Crippen molar-refractivity contribution in [2.75, 3.05) is 6.79 Å². The minimum atomic E-state index is -0.371. The van der Waals surface area contributed by atoms with E-state index in [0.717, 1.165) is 27.6 Å². The van der Waals surface area contributed by atoms with Crippen molar-refractivity contribution in [3.05, 3.63) is 59.3 Å². The Bertz CT molecular complexity index is 993. The Labute approximate surface area is 151 Å². The first-order valence-corrected chi connectivity index (χ1v) is 8.38. The van der Waals surface area contributed by atoms with Gasteiger partial charge in [-0.15, -0.1) is 0 Å². The molecule has 0 fully saturated rings. The maximum Gasteiger partial charge on any atom is 0.231 e. The van der Waals surface area contributed by atoms with Crippen LogP contribution in [0.4, 0.5) is 0 Å². The Balaban J connectivity index is 1.84. The molecule has 4 rings (SSSR count). The van der Waals surface area contributed by atoms with Crippen LogP contribution < -0.4 is 15.4 Å². The summed E-state index contributed by atoms with van der Waals surface area (Å²) in [4.78, 5) is 17.3. The molecule has 6 heteroatoms. The molecule has 134 valence electrons. The minimum Gasteiger partial charge on any atom is -0.454 e. The lowest BCUT2D eigenvalue weighted by atomic mass is 9.87. The van der Waals surface area contributed by atoms with Gasteiger partial charge in [-0.2, -0.15) is 0 Å². The number of carbonyl (C=O) groups excluding carboxylic acids is 1. The standard InChI is InChI=1S/C20H20N2O4/c1-12(23)20(14-4-6-18-19(8-14)25-11-24-18)16-9-22(2)17-7-13(10-26-21)3-5-15(16)17/h3-9,20H,10-11,21H2,1-2H3. The molecule has 26 heavy (non-hydrogen) atoms. The van der Waals surface area contributed by atoms with Crippen molar-refractivity contribution in [2.24, 2.45) is 12.9 Å². The van der Waals surface area contributed by atoms with Gasteiger partial charge < -0.3 is 14.0 Å². The van der Waals surface area contributed by atoms with Crippen LogP contribution in [-0.4, -0.2) is 17.1 Å². The van der Waals surface area contributed by atoms with E-state index in [2.05, 4.69) is 0 Å². The summed E-state index contributed by atoms with van der Waals surface area (Å²) in [5, 5.41) is 1.03. The van der Waals surface area contributed by atoms with Crippen LogP contribution in [0, 0.1) is 0 Å². The molecule has 0 amide bonds. The summed E-state index contributed by atoms with van der Waals surface area (Å²) in [6.45, 7) is 2.17. The van der Waals surface area contributed by atoms with Gasteiger partial charge in [0, 0.05) is 24.1 Å². The summed E-state index contributed by atoms with van der Waals surface area (Å²) in [6, 6.07) is 11.7. The molecule has 0 spiro atoms. The maximum atomic E-state index is 12.5. The van der Waals surface area contributed by atoms with Crippen LogP contribution in [0.3, 0.4) is 0 Å². The first-order chi connectivity index (χ1) is 12.6. The van der Waals surface area contributed by atoms with Crippen molar-refractivity contribution in [3.8, 4) is 11.5 Å². The molecule has 0 saturated carbocycles. The van der Waals surface area contributed by atoms with Crippen LogP contribution in [0.25, 0.3) is 10.9 Å². The average molecular weight is 352 g/mol. The van der Waals surface area contributed by atoms with E-state index >= 15 is 0 Å². The van der Waals surface area contributed by atoms with E-state index < -0.39 is 0 Å². The number of Topliss-reactive ketones (excluding diaryl/α,β-unsaturated/α-hetero) is 1. The van der Waals surface area contributed by atoms with E-state index in [1.807, 2.05) is 54.2 Å². The Morgan fingerprint density at radius 1 is 1.23 bits per heavy atom. The van der Waals surface area contributed by atoms with E-state index in [-0.39, 0.29) is 18.5 Å². The van der Waals surface area contributed by atoms with Crippen LogP contribution in [0.15, 0.2) is 42.6 Å². The molecule has 3 aromatic rings. The van der Waals surface area contributed by atoms with E-state index in [0.29, 0.717) is 18.1 Å². The molecule has 1 aliphatic rings. The van der Waals surface area contributed by atoms with Crippen LogP contribution in [0.1, 0.15) is 29.5 Å². The summed E-state index contributed by atoms with van der Waals surface area (Å²) in [5.74, 6) is 6.27. The maximum absolute atomic E-state index is 12.5. The number of ketones is 1. The number of nitrogens with two attached hydrogens (primary N) is 1. The Kier molecular flexibility index (Phi) is 4.14. The number of aryl methyl sites for hydroxylation is 1. The van der Waals surface area contributed by atoms with Gasteiger partial charge in [-0.3, -0.25) is 9.63 Å². The number of hydrogen-bond donors (Lipinski definition) is 1. The van der Waals surface area contributed by atoms with Crippen LogP contribution in [0.5, 0.6) is 11.5 Å². The molecule has 2 N–H and O–H groups in total. The molecule has 0 saturated heterocycles. The molecule has 1 atom stereocenters. The van der Waals surface area contributed by atoms with Gasteiger partial charge in [-0.05, 0) is 41.8 Å². The lowest BCUT2D eigenvalue weighted by Crippen LogP contribution is -2.10. The van der Waals surface area contributed by atoms with E-state index in [4.69, 9.17) is 20.2 Å². The Morgan fingerprint density at radius 2 is 2.04 bits per heavy atom. The summed E-state index contributed by atoms with van der Waals surface area (Å²) in [7, 11) is 1.97. The molecule has 1 unspecified atom stereocenters. The zero-order valence-corrected chi connectivity index (χ0v) is 14.7. The summed E-state index contributed by atoms with van der Waals surface area (Å²) >= 11 is 0. The number of nitrogens with zero attached hydrogens (tertiary/aromatic N) is 1. The average Bonchev–Trinajstić information content (AvgIpc) is 3.20. The van der Waals surface area contributed by atoms with Gasteiger partial charge in [-0.1, -0.05) is 18.2 Å². The topological polar surface area (TPSA) is 75.7 Å². The van der Waals surface area contributed by atoms with Gasteiger partial charge in [0.05, 0.1) is 12.5 Å². The first kappa shape index (κ1) is 16.6. The van der Waals surface area contributed by atoms with Gasteiger partial charge in [0.15, 0.2) is 11.5 Å². The fourth-order valence-electron chi connectivity index (χ4n) is 3.60. The van der Waals surface area contributed by atoms with Crippen molar-refractivity contribution in [3.63, 3.8) is 0 Å². The Hall–Kier alpha value is -2.83. The van der Waals surface area contributed by atoms with Crippen LogP contribution in [0.2, 0.25) is 0 Å². The fourth-order valence-corrected chi connectivity index (χ4v) is 3.60. The second-order valence-electron chi connectivity index (χ2n) is 6.51. The second-order valence-corrected chi connectivity index (χ2v) is 6.51. The predicted molar refractivity (Wildman–Crippen MR) is 97.0 cm³/mol. The van der Waals surface area contributed by atoms with E-state index in [9.17, 15) is 4.79 Å². The molecule has 0 aliphatic carbocycles. The second kappa shape index (κ2) is 6.48. The number of fused-ring (bicyclic) bond motifs is 2. The zero-order valence-electron chi connectivity index (χ0n) is 14.7. The number of carbonyl (C=O) groups is 1. The van der Waals surface area contributed by atoms with Gasteiger partial charge in [-0.25, -0.2) is 5.90 Å². The third kappa shape index (κ3) is 2.73. The molecular formula is C20H20N2O4. The fraction of sp³-hybridized carbons (Fsp3) is 0.250. The monoisotopic (exact) mass is 352 g/mol. The highest BCUT2D eigenvalue weighted by Gasteiger charge is 2.25. The smallest absolute Gasteiger partial charge is 0.231 e. The van der Waals surface area contributed by atoms with E-state index in [1.54, 1.807) is 6.92 Å². The highest BCUT2D eigenvalue weighted by Crippen LogP contribution is 2.39. The summed E-state index contributed by atoms with van der Waals surface area (Å²) < 4.78 is 12.9. The van der Waals surface area contributed by atoms with Gasteiger partial charge in [0.1, 0.15) is 5.78 Å². The molecule has 1 aromatic heterocycles. The third-order valence-electron chi connectivity index (χ3n) is 4.78. The summed E-state index contributed by atoms with van der Waals surface area (Å²) in [5.41, 5.74) is 3.87. The number of aromatic nitrogens is 1. The quantitative estimate of drug-likeness (QED) is 0.715. The molecule has 0 radical (unpaired) electrons. The highest BCUT2D eigenvalue weighted by molar-refractivity contribution is 5.95. The third-order valence-corrected chi connectivity index (χ3v) is 4.78. The van der Waals surface area contributed by atoms with Gasteiger partial charge in [0.25, 0.3) is 0 Å². The predicted octanol–water partition coefficient (Wildman–Crippen LogP) is 3.02. The number of ether oxygens (including phenoxy) is 2. The molecular weight excluding hydrogens is 332 g/mol. The van der Waals surface area contributed by atoms with Crippen molar-refractivity contribution in [1.29, 1.82) is 0 Å². The van der Waals surface area contributed by atoms with Crippen molar-refractivity contribution in [1.82, 2.24) is 4.57 Å². The summed E-state index contributed by atoms with van der Waals surface area (Å²) in [6.07, 6.45) is 2.01. The van der Waals surface area contributed by atoms with E-state index in [1.165, 1.54) is 0 Å². The lowest BCUT2D eigenvalue weighted by Gasteiger charge is -2.14. The largest absolute Gasteiger partial charge is 0.454 e. The highest BCUT2D eigenvalue weighted by atomic mass is 16.7. The zero-order chi connectivity index (χ0) is 18.3.